The number of pyridine rings is 1. The van der Waals surface area contributed by atoms with Crippen LogP contribution in [0.4, 0.5) is 5.69 Å². The Morgan fingerprint density at radius 3 is 2.32 bits per heavy atom. The van der Waals surface area contributed by atoms with E-state index in [-0.39, 0.29) is 23.9 Å². The highest BCUT2D eigenvalue weighted by atomic mass is 35.5. The van der Waals surface area contributed by atoms with Crippen LogP contribution in [0.25, 0.3) is 11.1 Å². The van der Waals surface area contributed by atoms with Crippen LogP contribution in [0.1, 0.15) is 34.8 Å². The minimum Gasteiger partial charge on any atom is -0.333 e. The maximum absolute atomic E-state index is 14.1. The highest BCUT2D eigenvalue weighted by Gasteiger charge is 2.26. The first-order chi connectivity index (χ1) is 19.9. The van der Waals surface area contributed by atoms with E-state index in [0.717, 1.165) is 41.9 Å². The maximum Gasteiger partial charge on any atom is 0.257 e. The molecule has 1 aliphatic heterocycles. The molecule has 0 saturated heterocycles. The van der Waals surface area contributed by atoms with Crippen molar-refractivity contribution < 1.29 is 9.59 Å². The first kappa shape index (κ1) is 28.8. The molecule has 2 heterocycles. The minimum absolute atomic E-state index is 0.0405. The molecule has 5 rings (SSSR count). The van der Waals surface area contributed by atoms with Gasteiger partial charge in [0, 0.05) is 64.3 Å². The lowest BCUT2D eigenvalue weighted by Crippen LogP contribution is -2.38. The zero-order valence-electron chi connectivity index (χ0n) is 23.0. The molecule has 1 aromatic heterocycles. The van der Waals surface area contributed by atoms with Crippen LogP contribution in [0.2, 0.25) is 10.0 Å². The number of halogens is 2. The molecule has 6 nitrogen and oxygen atoms in total. The highest BCUT2D eigenvalue weighted by Crippen LogP contribution is 2.31. The number of rotatable bonds is 4. The molecule has 0 spiro atoms. The monoisotopic (exact) mass is 586 g/mol. The van der Waals surface area contributed by atoms with Gasteiger partial charge in [0.05, 0.1) is 15.6 Å². The SMILES string of the molecule is CC(=O)N1CCCN(Cc2ccccc2)CCN(C(=O)c2c(Cl)cccc2Cl)Cc2cc(-c3cccnc3)ccc21. The van der Waals surface area contributed by atoms with E-state index in [1.165, 1.54) is 5.56 Å². The number of aromatic nitrogens is 1. The number of fused-ring (bicyclic) bond motifs is 1. The molecule has 0 fully saturated rings. The second-order valence-corrected chi connectivity index (χ2v) is 11.0. The van der Waals surface area contributed by atoms with Gasteiger partial charge < -0.3 is 9.80 Å². The lowest BCUT2D eigenvalue weighted by molar-refractivity contribution is -0.116. The molecule has 8 heteroatoms. The summed E-state index contributed by atoms with van der Waals surface area (Å²) < 4.78 is 0. The maximum atomic E-state index is 14.1. The van der Waals surface area contributed by atoms with Crippen molar-refractivity contribution in [3.8, 4) is 11.1 Å². The van der Waals surface area contributed by atoms with Gasteiger partial charge >= 0.3 is 0 Å². The molecule has 0 atom stereocenters. The van der Waals surface area contributed by atoms with Gasteiger partial charge in [-0.2, -0.15) is 0 Å². The summed E-state index contributed by atoms with van der Waals surface area (Å²) in [6.45, 7) is 5.08. The Labute approximate surface area is 251 Å². The second kappa shape index (κ2) is 13.3. The Hall–Kier alpha value is -3.71. The minimum atomic E-state index is -0.244. The van der Waals surface area contributed by atoms with Crippen molar-refractivity contribution in [1.29, 1.82) is 0 Å². The topological polar surface area (TPSA) is 56.8 Å². The molecule has 210 valence electrons. The molecular formula is C33H32Cl2N4O2. The van der Waals surface area contributed by atoms with E-state index in [4.69, 9.17) is 23.2 Å². The molecule has 0 unspecified atom stereocenters. The molecule has 41 heavy (non-hydrogen) atoms. The Bertz CT molecular complexity index is 1490. The average molecular weight is 588 g/mol. The molecule has 3 aromatic carbocycles. The first-order valence-electron chi connectivity index (χ1n) is 13.7. The zero-order valence-corrected chi connectivity index (χ0v) is 24.5. The van der Waals surface area contributed by atoms with Crippen molar-refractivity contribution in [2.75, 3.05) is 31.1 Å². The largest absolute Gasteiger partial charge is 0.333 e. The molecule has 2 amide bonds. The molecule has 4 aromatic rings. The van der Waals surface area contributed by atoms with E-state index >= 15 is 0 Å². The third-order valence-corrected chi connectivity index (χ3v) is 7.99. The second-order valence-electron chi connectivity index (χ2n) is 10.2. The smallest absolute Gasteiger partial charge is 0.257 e. The summed E-state index contributed by atoms with van der Waals surface area (Å²) in [5, 5.41) is 0.625. The van der Waals surface area contributed by atoms with E-state index < -0.39 is 0 Å². The van der Waals surface area contributed by atoms with Crippen LogP contribution in [-0.2, 0) is 17.9 Å². The van der Waals surface area contributed by atoms with Gasteiger partial charge in [0.25, 0.3) is 5.91 Å². The number of benzene rings is 3. The lowest BCUT2D eigenvalue weighted by Gasteiger charge is -2.29. The van der Waals surface area contributed by atoms with Crippen molar-refractivity contribution >= 4 is 40.7 Å². The van der Waals surface area contributed by atoms with E-state index in [9.17, 15) is 9.59 Å². The first-order valence-corrected chi connectivity index (χ1v) is 14.5. The average Bonchev–Trinajstić information content (AvgIpc) is 3.01. The summed E-state index contributed by atoms with van der Waals surface area (Å²) >= 11 is 13.0. The third kappa shape index (κ3) is 6.96. The van der Waals surface area contributed by atoms with Crippen LogP contribution in [-0.4, -0.2) is 52.8 Å². The summed E-state index contributed by atoms with van der Waals surface area (Å²) in [5.74, 6) is -0.284. The van der Waals surface area contributed by atoms with Crippen LogP contribution in [0.15, 0.2) is 91.3 Å². The molecule has 0 aliphatic carbocycles. The van der Waals surface area contributed by atoms with E-state index in [1.807, 2.05) is 53.6 Å². The van der Waals surface area contributed by atoms with Crippen LogP contribution in [0.5, 0.6) is 0 Å². The fraction of sp³-hybridized carbons (Fsp3) is 0.242. The number of hydrogen-bond acceptors (Lipinski definition) is 4. The summed E-state index contributed by atoms with van der Waals surface area (Å²) in [7, 11) is 0. The molecule has 0 saturated carbocycles. The lowest BCUT2D eigenvalue weighted by atomic mass is 10.0. The molecule has 1 aliphatic rings. The van der Waals surface area contributed by atoms with E-state index in [1.54, 1.807) is 36.2 Å². The summed E-state index contributed by atoms with van der Waals surface area (Å²) in [6.07, 6.45) is 4.34. The molecular weight excluding hydrogens is 555 g/mol. The number of carbonyl (C=O) groups excluding carboxylic acids is 2. The van der Waals surface area contributed by atoms with Crippen LogP contribution >= 0.6 is 23.2 Å². The van der Waals surface area contributed by atoms with Crippen LogP contribution in [0, 0.1) is 0 Å². The van der Waals surface area contributed by atoms with Gasteiger partial charge in [0.2, 0.25) is 5.91 Å². The van der Waals surface area contributed by atoms with E-state index in [2.05, 4.69) is 28.1 Å². The number of carbonyl (C=O) groups is 2. The standard InChI is InChI=1S/C33H32Cl2N4O2/c1-24(40)39-17-7-16-37(22-25-8-3-2-4-9-25)18-19-38(33(41)32-29(34)11-5-12-30(32)35)23-28-20-26(13-14-31(28)39)27-10-6-15-36-21-27/h2-6,8-15,20-21H,7,16-19,22-23H2,1H3. The Morgan fingerprint density at radius 2 is 1.61 bits per heavy atom. The van der Waals surface area contributed by atoms with Crippen molar-refractivity contribution in [1.82, 2.24) is 14.8 Å². The Balaban J connectivity index is 1.57. The zero-order chi connectivity index (χ0) is 28.8. The quantitative estimate of drug-likeness (QED) is 0.259. The highest BCUT2D eigenvalue weighted by molar-refractivity contribution is 6.39. The number of anilines is 1. The van der Waals surface area contributed by atoms with Crippen molar-refractivity contribution in [2.45, 2.75) is 26.4 Å². The van der Waals surface area contributed by atoms with Gasteiger partial charge in [-0.05, 0) is 59.0 Å². The Kier molecular flexibility index (Phi) is 9.35. The van der Waals surface area contributed by atoms with Gasteiger partial charge in [0.15, 0.2) is 0 Å². The van der Waals surface area contributed by atoms with Gasteiger partial charge in [0.1, 0.15) is 0 Å². The van der Waals surface area contributed by atoms with Gasteiger partial charge in [-0.25, -0.2) is 0 Å². The number of hydrogen-bond donors (Lipinski definition) is 0. The number of amides is 2. The molecule has 0 bridgehead atoms. The van der Waals surface area contributed by atoms with Crippen molar-refractivity contribution in [2.24, 2.45) is 0 Å². The normalized spacial score (nSPS) is 14.7. The number of nitrogens with zero attached hydrogens (tertiary/aromatic N) is 4. The fourth-order valence-electron chi connectivity index (χ4n) is 5.28. The van der Waals surface area contributed by atoms with Crippen LogP contribution in [0.3, 0.4) is 0 Å². The predicted octanol–water partition coefficient (Wildman–Crippen LogP) is 6.96. The van der Waals surface area contributed by atoms with E-state index in [0.29, 0.717) is 29.7 Å². The summed E-state index contributed by atoms with van der Waals surface area (Å²) in [5.41, 5.74) is 5.07. The summed E-state index contributed by atoms with van der Waals surface area (Å²) in [6, 6.07) is 25.3. The fourth-order valence-corrected chi connectivity index (χ4v) is 5.84. The third-order valence-electron chi connectivity index (χ3n) is 7.36. The van der Waals surface area contributed by atoms with Gasteiger partial charge in [-0.15, -0.1) is 0 Å². The van der Waals surface area contributed by atoms with Crippen LogP contribution < -0.4 is 4.90 Å². The Morgan fingerprint density at radius 1 is 0.829 bits per heavy atom. The van der Waals surface area contributed by atoms with Crippen molar-refractivity contribution in [3.63, 3.8) is 0 Å². The predicted molar refractivity (Wildman–Crippen MR) is 165 cm³/mol. The van der Waals surface area contributed by atoms with Crippen molar-refractivity contribution in [3.05, 3.63) is 118 Å². The summed E-state index contributed by atoms with van der Waals surface area (Å²) in [4.78, 5) is 37.2. The van der Waals surface area contributed by atoms with Gasteiger partial charge in [-0.3, -0.25) is 19.5 Å². The molecule has 0 N–H and O–H groups in total. The molecule has 0 radical (unpaired) electrons. The van der Waals surface area contributed by atoms with Gasteiger partial charge in [-0.1, -0.05) is 71.7 Å².